The fourth-order valence-electron chi connectivity index (χ4n) is 8.91. The van der Waals surface area contributed by atoms with E-state index < -0.39 is 0 Å². The first-order valence-corrected chi connectivity index (χ1v) is 17.6. The lowest BCUT2D eigenvalue weighted by molar-refractivity contribution is 0.660. The topological polar surface area (TPSA) is 16.4 Å². The van der Waals surface area contributed by atoms with Crippen molar-refractivity contribution in [1.29, 1.82) is 0 Å². The van der Waals surface area contributed by atoms with Crippen molar-refractivity contribution in [2.75, 3.05) is 4.90 Å². The summed E-state index contributed by atoms with van der Waals surface area (Å²) in [6.45, 7) is 9.41. The van der Waals surface area contributed by atoms with E-state index in [4.69, 9.17) is 4.42 Å². The van der Waals surface area contributed by atoms with Crippen LogP contribution in [0.4, 0.5) is 17.1 Å². The van der Waals surface area contributed by atoms with Gasteiger partial charge in [-0.2, -0.15) is 0 Å². The Bertz CT molecular complexity index is 2670. The minimum Gasteiger partial charge on any atom is -0.456 e. The Kier molecular flexibility index (Phi) is 6.76. The maximum absolute atomic E-state index is 6.23. The Hall–Kier alpha value is -5.86. The molecule has 8 aromatic rings. The second kappa shape index (κ2) is 11.1. The molecule has 0 unspecified atom stereocenters. The molecular formula is C49H41NO. The minimum atomic E-state index is -0.110. The number of hydrogen-bond donors (Lipinski definition) is 0. The molecule has 0 spiro atoms. The van der Waals surface area contributed by atoms with Crippen LogP contribution in [-0.4, -0.2) is 0 Å². The molecule has 2 heteroatoms. The predicted molar refractivity (Wildman–Crippen MR) is 216 cm³/mol. The summed E-state index contributed by atoms with van der Waals surface area (Å²) in [5, 5.41) is 2.27. The highest BCUT2D eigenvalue weighted by atomic mass is 16.3. The maximum Gasteiger partial charge on any atom is 0.135 e. The summed E-state index contributed by atoms with van der Waals surface area (Å²) >= 11 is 0. The maximum atomic E-state index is 6.23. The predicted octanol–water partition coefficient (Wildman–Crippen LogP) is 14.0. The molecule has 0 radical (unpaired) electrons. The molecule has 0 amide bonds. The fourth-order valence-corrected chi connectivity index (χ4v) is 8.91. The molecule has 0 N–H and O–H groups in total. The van der Waals surface area contributed by atoms with Crippen LogP contribution >= 0.6 is 0 Å². The summed E-state index contributed by atoms with van der Waals surface area (Å²) in [6.07, 6.45) is 0. The van der Waals surface area contributed by atoms with Gasteiger partial charge in [-0.1, -0.05) is 138 Å². The number of rotatable bonds is 4. The van der Waals surface area contributed by atoms with Gasteiger partial charge < -0.3 is 9.32 Å². The molecule has 1 aromatic heterocycles. The van der Waals surface area contributed by atoms with Gasteiger partial charge in [0, 0.05) is 38.5 Å². The van der Waals surface area contributed by atoms with Crippen molar-refractivity contribution >= 4 is 39.0 Å². The Balaban J connectivity index is 0.00000348. The Morgan fingerprint density at radius 1 is 0.412 bits per heavy atom. The van der Waals surface area contributed by atoms with Crippen LogP contribution in [0.25, 0.3) is 55.3 Å². The van der Waals surface area contributed by atoms with Gasteiger partial charge >= 0.3 is 0 Å². The molecule has 2 aliphatic rings. The van der Waals surface area contributed by atoms with Crippen LogP contribution in [0.3, 0.4) is 0 Å². The van der Waals surface area contributed by atoms with Gasteiger partial charge in [0.1, 0.15) is 11.2 Å². The van der Waals surface area contributed by atoms with Crippen molar-refractivity contribution in [2.45, 2.75) is 46.0 Å². The molecule has 248 valence electrons. The first-order chi connectivity index (χ1) is 24.3. The third kappa shape index (κ3) is 4.42. The SMILES string of the molecule is C.CC1(C)c2ccccc2-c2cc(N(c3ccc4c(c3)C(C)(C)c3ccccc3-4)c3ccccc3-c3ccc4oc5ccccc5c4c3)ccc21. The van der Waals surface area contributed by atoms with Gasteiger partial charge in [-0.15, -0.1) is 0 Å². The van der Waals surface area contributed by atoms with E-state index in [1.165, 1.54) is 50.1 Å². The number of fused-ring (bicyclic) bond motifs is 9. The molecular weight excluding hydrogens is 619 g/mol. The number of furan rings is 1. The molecule has 7 aromatic carbocycles. The average Bonchev–Trinajstić information content (AvgIpc) is 3.71. The van der Waals surface area contributed by atoms with Crippen LogP contribution in [-0.2, 0) is 10.8 Å². The lowest BCUT2D eigenvalue weighted by Gasteiger charge is -2.30. The van der Waals surface area contributed by atoms with Crippen molar-refractivity contribution in [2.24, 2.45) is 0 Å². The monoisotopic (exact) mass is 659 g/mol. The minimum absolute atomic E-state index is 0. The summed E-state index contributed by atoms with van der Waals surface area (Å²) in [5.74, 6) is 0. The van der Waals surface area contributed by atoms with Gasteiger partial charge in [0.15, 0.2) is 0 Å². The average molecular weight is 660 g/mol. The first kappa shape index (κ1) is 31.1. The van der Waals surface area contributed by atoms with E-state index in [-0.39, 0.29) is 18.3 Å². The molecule has 10 rings (SSSR count). The number of nitrogens with zero attached hydrogens (tertiary/aromatic N) is 1. The van der Waals surface area contributed by atoms with E-state index in [1.807, 2.05) is 12.1 Å². The van der Waals surface area contributed by atoms with Crippen LogP contribution in [0, 0.1) is 0 Å². The highest BCUT2D eigenvalue weighted by molar-refractivity contribution is 6.07. The van der Waals surface area contributed by atoms with Gasteiger partial charge in [-0.05, 0) is 98.6 Å². The zero-order chi connectivity index (χ0) is 33.8. The van der Waals surface area contributed by atoms with E-state index >= 15 is 0 Å². The molecule has 0 bridgehead atoms. The van der Waals surface area contributed by atoms with E-state index in [0.717, 1.165) is 44.6 Å². The third-order valence-corrected chi connectivity index (χ3v) is 11.5. The van der Waals surface area contributed by atoms with Crippen molar-refractivity contribution in [3.05, 3.63) is 174 Å². The van der Waals surface area contributed by atoms with Gasteiger partial charge in [0.05, 0.1) is 5.69 Å². The lowest BCUT2D eigenvalue weighted by Crippen LogP contribution is -2.17. The zero-order valence-electron chi connectivity index (χ0n) is 28.8. The number of hydrogen-bond acceptors (Lipinski definition) is 2. The van der Waals surface area contributed by atoms with Gasteiger partial charge in [0.25, 0.3) is 0 Å². The van der Waals surface area contributed by atoms with Gasteiger partial charge in [0.2, 0.25) is 0 Å². The molecule has 0 aliphatic heterocycles. The Morgan fingerprint density at radius 2 is 0.961 bits per heavy atom. The largest absolute Gasteiger partial charge is 0.456 e. The van der Waals surface area contributed by atoms with E-state index in [0.29, 0.717) is 0 Å². The number of para-hydroxylation sites is 2. The summed E-state index contributed by atoms with van der Waals surface area (Å²) in [6, 6.07) is 55.7. The number of benzene rings is 7. The quantitative estimate of drug-likeness (QED) is 0.187. The molecule has 0 atom stereocenters. The second-order valence-electron chi connectivity index (χ2n) is 15.0. The van der Waals surface area contributed by atoms with E-state index in [1.54, 1.807) is 0 Å². The van der Waals surface area contributed by atoms with Crippen LogP contribution in [0.1, 0.15) is 57.4 Å². The second-order valence-corrected chi connectivity index (χ2v) is 15.0. The highest BCUT2D eigenvalue weighted by Gasteiger charge is 2.37. The van der Waals surface area contributed by atoms with Crippen molar-refractivity contribution < 1.29 is 4.42 Å². The molecule has 0 saturated heterocycles. The molecule has 0 fully saturated rings. The summed E-state index contributed by atoms with van der Waals surface area (Å²) in [7, 11) is 0. The molecule has 2 aliphatic carbocycles. The first-order valence-electron chi connectivity index (χ1n) is 17.6. The van der Waals surface area contributed by atoms with E-state index in [9.17, 15) is 0 Å². The van der Waals surface area contributed by atoms with Crippen LogP contribution < -0.4 is 4.90 Å². The third-order valence-electron chi connectivity index (χ3n) is 11.5. The van der Waals surface area contributed by atoms with Gasteiger partial charge in [-0.3, -0.25) is 0 Å². The molecule has 0 saturated carbocycles. The zero-order valence-corrected chi connectivity index (χ0v) is 28.8. The van der Waals surface area contributed by atoms with Crippen molar-refractivity contribution in [3.63, 3.8) is 0 Å². The standard InChI is InChI=1S/C48H37NO.CH4/c1-47(2)41-18-10-6-15-35(41)38-28-31(23-25-42(38)47)49(32-22-24-36-34-14-5-9-17-40(34)48(3,4)43(36)29-32)44-19-11-7-13-33(44)30-21-26-46-39(27-30)37-16-8-12-20-45(37)50-46;/h5-29H,1-4H3;1H4. The molecule has 1 heterocycles. The summed E-state index contributed by atoms with van der Waals surface area (Å²) < 4.78 is 6.23. The van der Waals surface area contributed by atoms with E-state index in [2.05, 4.69) is 172 Å². The Labute approximate surface area is 300 Å². The van der Waals surface area contributed by atoms with Crippen molar-refractivity contribution in [3.8, 4) is 33.4 Å². The summed E-state index contributed by atoms with van der Waals surface area (Å²) in [4.78, 5) is 2.47. The lowest BCUT2D eigenvalue weighted by atomic mass is 9.82. The Morgan fingerprint density at radius 3 is 1.75 bits per heavy atom. The highest BCUT2D eigenvalue weighted by Crippen LogP contribution is 2.53. The normalized spacial score (nSPS) is 14.4. The smallest absolute Gasteiger partial charge is 0.135 e. The van der Waals surface area contributed by atoms with Crippen LogP contribution in [0.5, 0.6) is 0 Å². The van der Waals surface area contributed by atoms with Crippen LogP contribution in [0.15, 0.2) is 156 Å². The summed E-state index contributed by atoms with van der Waals surface area (Å²) in [5.41, 5.74) is 18.2. The molecule has 2 nitrogen and oxygen atoms in total. The van der Waals surface area contributed by atoms with Crippen LogP contribution in [0.2, 0.25) is 0 Å². The fraction of sp³-hybridized carbons (Fsp3) is 0.143. The van der Waals surface area contributed by atoms with Crippen molar-refractivity contribution in [1.82, 2.24) is 0 Å². The van der Waals surface area contributed by atoms with Gasteiger partial charge in [-0.25, -0.2) is 0 Å². The molecule has 51 heavy (non-hydrogen) atoms. The number of anilines is 3.